The molecule has 0 saturated carbocycles. The zero-order chi connectivity index (χ0) is 24.6. The number of rotatable bonds is 5. The summed E-state index contributed by atoms with van der Waals surface area (Å²) in [6.45, 7) is 7.36. The van der Waals surface area contributed by atoms with Crippen molar-refractivity contribution in [2.45, 2.75) is 26.1 Å². The van der Waals surface area contributed by atoms with Gasteiger partial charge in [-0.15, -0.1) is 0 Å². The molecule has 1 N–H and O–H groups in total. The van der Waals surface area contributed by atoms with Crippen LogP contribution >= 0.6 is 0 Å². The number of nitrogens with zero attached hydrogens (tertiary/aromatic N) is 4. The van der Waals surface area contributed by atoms with Crippen LogP contribution in [0.4, 0.5) is 18.0 Å². The zero-order valence-corrected chi connectivity index (χ0v) is 19.2. The maximum Gasteiger partial charge on any atom is 0.416 e. The van der Waals surface area contributed by atoms with Crippen molar-refractivity contribution in [1.29, 1.82) is 0 Å². The highest BCUT2D eigenvalue weighted by atomic mass is 19.4. The smallest absolute Gasteiger partial charge is 0.339 e. The summed E-state index contributed by atoms with van der Waals surface area (Å²) in [5, 5.41) is 2.58. The van der Waals surface area contributed by atoms with Gasteiger partial charge in [0.15, 0.2) is 0 Å². The van der Waals surface area contributed by atoms with Crippen molar-refractivity contribution in [1.82, 2.24) is 24.9 Å². The van der Waals surface area contributed by atoms with E-state index < -0.39 is 29.7 Å². The lowest BCUT2D eigenvalue weighted by Gasteiger charge is -2.34. The summed E-state index contributed by atoms with van der Waals surface area (Å²) in [6, 6.07) is 3.10. The van der Waals surface area contributed by atoms with Crippen molar-refractivity contribution < 1.29 is 27.6 Å². The Morgan fingerprint density at radius 2 is 1.74 bits per heavy atom. The Bertz CT molecular complexity index is 1020. The van der Waals surface area contributed by atoms with Crippen molar-refractivity contribution in [3.05, 3.63) is 46.7 Å². The summed E-state index contributed by atoms with van der Waals surface area (Å²) in [6.07, 6.45) is -4.65. The second-order valence-corrected chi connectivity index (χ2v) is 8.55. The standard InChI is InChI=1S/C23H28F3N5O3/c1-3-28-9-11-29(12-10-28)18(32)14-30-13-17-19(21(30)33)20(27-22(34)31(17)4-2)15-7-5-6-8-16(15)23(24,25)26/h5-8,20H,3-4,9-14H2,1-2H3,(H,27,34). The highest BCUT2D eigenvalue weighted by Crippen LogP contribution is 2.41. The molecule has 0 aromatic heterocycles. The minimum Gasteiger partial charge on any atom is -0.339 e. The molecule has 3 aliphatic heterocycles. The van der Waals surface area contributed by atoms with Crippen molar-refractivity contribution in [3.8, 4) is 0 Å². The SMILES string of the molecule is CCN1CCN(C(=O)CN2CC3=C(C2=O)C(c2ccccc2C(F)(F)F)NC(=O)N3CC)CC1. The maximum atomic E-state index is 13.7. The molecule has 1 atom stereocenters. The van der Waals surface area contributed by atoms with Gasteiger partial charge in [-0.2, -0.15) is 13.2 Å². The first-order chi connectivity index (χ1) is 16.2. The van der Waals surface area contributed by atoms with Crippen molar-refractivity contribution in [2.24, 2.45) is 0 Å². The number of benzene rings is 1. The summed E-state index contributed by atoms with van der Waals surface area (Å²) in [4.78, 5) is 45.7. The average molecular weight is 480 g/mol. The number of carbonyl (C=O) groups is 3. The summed E-state index contributed by atoms with van der Waals surface area (Å²) in [7, 11) is 0. The number of hydrogen-bond donors (Lipinski definition) is 1. The van der Waals surface area contributed by atoms with Crippen LogP contribution in [0.15, 0.2) is 35.5 Å². The molecule has 1 aromatic carbocycles. The fraction of sp³-hybridized carbons (Fsp3) is 0.522. The first kappa shape index (κ1) is 24.1. The Kier molecular flexibility index (Phi) is 6.57. The molecule has 8 nitrogen and oxygen atoms in total. The predicted octanol–water partition coefficient (Wildman–Crippen LogP) is 2.05. The molecule has 4 amide bonds. The van der Waals surface area contributed by atoms with Gasteiger partial charge >= 0.3 is 12.2 Å². The highest BCUT2D eigenvalue weighted by Gasteiger charge is 2.46. The van der Waals surface area contributed by atoms with Gasteiger partial charge in [-0.05, 0) is 25.1 Å². The van der Waals surface area contributed by atoms with E-state index in [2.05, 4.69) is 17.1 Å². The van der Waals surface area contributed by atoms with E-state index in [-0.39, 0.29) is 36.7 Å². The van der Waals surface area contributed by atoms with E-state index >= 15 is 0 Å². The Labute approximate surface area is 195 Å². The largest absolute Gasteiger partial charge is 0.416 e. The van der Waals surface area contributed by atoms with Crippen LogP contribution in [0.5, 0.6) is 0 Å². The summed E-state index contributed by atoms with van der Waals surface area (Å²) in [5.41, 5.74) is -0.666. The van der Waals surface area contributed by atoms with E-state index in [0.717, 1.165) is 25.7 Å². The third-order valence-corrected chi connectivity index (χ3v) is 6.69. The lowest BCUT2D eigenvalue weighted by Crippen LogP contribution is -2.51. The number of likely N-dealkylation sites (N-methyl/N-ethyl adjacent to an activating group) is 2. The molecular formula is C23H28F3N5O3. The van der Waals surface area contributed by atoms with Gasteiger partial charge in [-0.3, -0.25) is 14.5 Å². The van der Waals surface area contributed by atoms with Gasteiger partial charge in [0, 0.05) is 32.7 Å². The lowest BCUT2D eigenvalue weighted by molar-refractivity contribution is -0.139. The minimum absolute atomic E-state index is 0.000770. The van der Waals surface area contributed by atoms with E-state index in [4.69, 9.17) is 0 Å². The van der Waals surface area contributed by atoms with E-state index in [9.17, 15) is 27.6 Å². The number of hydrogen-bond acceptors (Lipinski definition) is 4. The molecule has 1 saturated heterocycles. The van der Waals surface area contributed by atoms with Crippen LogP contribution in [-0.4, -0.2) is 89.8 Å². The van der Waals surface area contributed by atoms with Crippen LogP contribution < -0.4 is 5.32 Å². The minimum atomic E-state index is -4.65. The number of carbonyl (C=O) groups excluding carboxylic acids is 3. The molecule has 0 aliphatic carbocycles. The molecule has 1 unspecified atom stereocenters. The molecular weight excluding hydrogens is 451 g/mol. The van der Waals surface area contributed by atoms with Crippen molar-refractivity contribution in [3.63, 3.8) is 0 Å². The van der Waals surface area contributed by atoms with Gasteiger partial charge in [0.2, 0.25) is 5.91 Å². The third-order valence-electron chi connectivity index (χ3n) is 6.69. The number of halogens is 3. The normalized spacial score (nSPS) is 21.8. The van der Waals surface area contributed by atoms with E-state index in [1.54, 1.807) is 11.8 Å². The predicted molar refractivity (Wildman–Crippen MR) is 117 cm³/mol. The highest BCUT2D eigenvalue weighted by molar-refractivity contribution is 6.03. The topological polar surface area (TPSA) is 76.2 Å². The van der Waals surface area contributed by atoms with Crippen LogP contribution in [0.25, 0.3) is 0 Å². The summed E-state index contributed by atoms with van der Waals surface area (Å²) in [5.74, 6) is -0.741. The zero-order valence-electron chi connectivity index (χ0n) is 19.2. The Morgan fingerprint density at radius 3 is 2.35 bits per heavy atom. The van der Waals surface area contributed by atoms with Gasteiger partial charge in [0.1, 0.15) is 6.54 Å². The maximum absolute atomic E-state index is 13.7. The molecule has 1 fully saturated rings. The van der Waals surface area contributed by atoms with Gasteiger partial charge in [-0.25, -0.2) is 4.79 Å². The van der Waals surface area contributed by atoms with Gasteiger partial charge in [-0.1, -0.05) is 25.1 Å². The van der Waals surface area contributed by atoms with E-state index in [0.29, 0.717) is 18.8 Å². The molecule has 3 heterocycles. The first-order valence-electron chi connectivity index (χ1n) is 11.4. The van der Waals surface area contributed by atoms with E-state index in [1.807, 2.05) is 0 Å². The lowest BCUT2D eigenvalue weighted by atomic mass is 9.91. The first-order valence-corrected chi connectivity index (χ1v) is 11.4. The Morgan fingerprint density at radius 1 is 1.06 bits per heavy atom. The number of urea groups is 1. The number of piperazine rings is 1. The van der Waals surface area contributed by atoms with Gasteiger partial charge in [0.05, 0.1) is 29.4 Å². The Balaban J connectivity index is 1.61. The van der Waals surface area contributed by atoms with Crippen molar-refractivity contribution >= 4 is 17.8 Å². The molecule has 34 heavy (non-hydrogen) atoms. The van der Waals surface area contributed by atoms with Crippen LogP contribution in [0, 0.1) is 0 Å². The summed E-state index contributed by atoms with van der Waals surface area (Å²) >= 11 is 0. The number of amides is 4. The second kappa shape index (κ2) is 9.28. The third kappa shape index (κ3) is 4.36. The fourth-order valence-electron chi connectivity index (χ4n) is 4.83. The van der Waals surface area contributed by atoms with Crippen molar-refractivity contribution in [2.75, 3.05) is 52.4 Å². The second-order valence-electron chi connectivity index (χ2n) is 8.55. The molecule has 3 aliphatic rings. The summed E-state index contributed by atoms with van der Waals surface area (Å²) < 4.78 is 41.1. The molecule has 4 rings (SSSR count). The van der Waals surface area contributed by atoms with Gasteiger partial charge in [0.25, 0.3) is 5.91 Å². The molecule has 0 spiro atoms. The Hall–Kier alpha value is -3.08. The molecule has 11 heteroatoms. The number of nitrogens with one attached hydrogen (secondary N) is 1. The van der Waals surface area contributed by atoms with Crippen LogP contribution in [0.1, 0.15) is 31.0 Å². The van der Waals surface area contributed by atoms with Gasteiger partial charge < -0.3 is 20.0 Å². The van der Waals surface area contributed by atoms with Crippen LogP contribution in [0.3, 0.4) is 0 Å². The van der Waals surface area contributed by atoms with Crippen LogP contribution in [0.2, 0.25) is 0 Å². The molecule has 184 valence electrons. The fourth-order valence-corrected chi connectivity index (χ4v) is 4.83. The molecule has 0 radical (unpaired) electrons. The number of alkyl halides is 3. The average Bonchev–Trinajstić information content (AvgIpc) is 3.13. The van der Waals surface area contributed by atoms with E-state index in [1.165, 1.54) is 28.0 Å². The van der Waals surface area contributed by atoms with Crippen LogP contribution in [-0.2, 0) is 15.8 Å². The monoisotopic (exact) mass is 479 g/mol. The quantitative estimate of drug-likeness (QED) is 0.702. The molecule has 0 bridgehead atoms. The molecule has 1 aromatic rings.